The molecule has 0 radical (unpaired) electrons. The van der Waals surface area contributed by atoms with Crippen LogP contribution in [-0.2, 0) is 39.9 Å². The lowest BCUT2D eigenvalue weighted by Crippen LogP contribution is -2.60. The number of carboxylic acid groups (broad SMARTS) is 1. The highest BCUT2D eigenvalue weighted by Crippen LogP contribution is 2.72. The average Bonchev–Trinajstić information content (AvgIpc) is 3.60. The van der Waals surface area contributed by atoms with E-state index in [0.717, 1.165) is 75.2 Å². The number of esters is 1. The molecule has 10 nitrogen and oxygen atoms in total. The number of carbonyl (C=O) groups is 5. The fourth-order valence-corrected chi connectivity index (χ4v) is 13.0. The molecule has 1 N–H and O–H groups in total. The second-order valence-electron chi connectivity index (χ2n) is 24.0. The van der Waals surface area contributed by atoms with Crippen LogP contribution >= 0.6 is 11.6 Å². The predicted molar refractivity (Wildman–Crippen MR) is 285 cm³/mol. The summed E-state index contributed by atoms with van der Waals surface area (Å²) in [6.45, 7) is 37.7. The number of carboxylic acids is 1. The van der Waals surface area contributed by atoms with Gasteiger partial charge in [-0.3, -0.25) is 14.4 Å². The quantitative estimate of drug-likeness (QED) is 0.170. The predicted octanol–water partition coefficient (Wildman–Crippen LogP) is 15.2. The van der Waals surface area contributed by atoms with Gasteiger partial charge in [-0.05, 0) is 169 Å². The number of nitrogens with zero attached hydrogens (tertiary/aromatic N) is 1. The molecule has 1 aromatic rings. The van der Waals surface area contributed by atoms with Crippen molar-refractivity contribution in [2.45, 2.75) is 226 Å². The minimum atomic E-state index is -0.745. The number of aldehydes is 1. The van der Waals surface area contributed by atoms with Crippen molar-refractivity contribution in [3.63, 3.8) is 0 Å². The van der Waals surface area contributed by atoms with Crippen molar-refractivity contribution < 1.29 is 43.3 Å². The van der Waals surface area contributed by atoms with Crippen LogP contribution in [0.5, 0.6) is 0 Å². The highest BCUT2D eigenvalue weighted by atomic mass is 35.5. The molecule has 5 aliphatic rings. The van der Waals surface area contributed by atoms with E-state index in [0.29, 0.717) is 54.0 Å². The summed E-state index contributed by atoms with van der Waals surface area (Å²) >= 11 is 6.21. The average molecular weight is 1000 g/mol. The van der Waals surface area contributed by atoms with E-state index in [-0.39, 0.29) is 64.7 Å². The molecule has 1 amide bonds. The zero-order valence-electron chi connectivity index (χ0n) is 47.4. The number of rotatable bonds is 11. The molecule has 0 saturated heterocycles. The summed E-state index contributed by atoms with van der Waals surface area (Å²) in [5.74, 6) is 1.68. The molecule has 4 fully saturated rings. The van der Waals surface area contributed by atoms with Gasteiger partial charge in [0.1, 0.15) is 18.0 Å². The fourth-order valence-electron chi connectivity index (χ4n) is 12.8. The number of hydrogen-bond acceptors (Lipinski definition) is 8. The van der Waals surface area contributed by atoms with Crippen LogP contribution in [-0.4, -0.2) is 71.1 Å². The van der Waals surface area contributed by atoms with Crippen molar-refractivity contribution in [2.24, 2.45) is 57.2 Å². The number of benzene rings is 1. The number of hydrogen-bond donors (Lipinski definition) is 1. The number of fused-ring (bicyclic) bond motifs is 7. The lowest BCUT2D eigenvalue weighted by molar-refractivity contribution is -0.191. The van der Waals surface area contributed by atoms with Gasteiger partial charge in [-0.1, -0.05) is 112 Å². The lowest BCUT2D eigenvalue weighted by Gasteiger charge is -2.67. The SMILES string of the molecule is CC.CC.CC(C)C1=C2C3CCC4C(C)(CCC5C(C)C(OC(=O)CC(C)(C)C=O)CCC54C)C3CCC2(CCN(Cc2ccc(Cl)cc2)C(=O)OC(C)(C)C)CC1=O.CCC(=O)O.COC(C)(C)C. The highest BCUT2D eigenvalue weighted by Gasteiger charge is 2.65. The summed E-state index contributed by atoms with van der Waals surface area (Å²) in [5, 5.41) is 8.38. The summed E-state index contributed by atoms with van der Waals surface area (Å²) < 4.78 is 17.0. The van der Waals surface area contributed by atoms with Crippen LogP contribution in [0.25, 0.3) is 0 Å². The maximum atomic E-state index is 14.2. The molecule has 4 saturated carbocycles. The molecular formula is C59H98ClNO9. The largest absolute Gasteiger partial charge is 0.481 e. The first-order valence-electron chi connectivity index (χ1n) is 26.9. The minimum Gasteiger partial charge on any atom is -0.481 e. The van der Waals surface area contributed by atoms with Crippen molar-refractivity contribution in [2.75, 3.05) is 13.7 Å². The second-order valence-corrected chi connectivity index (χ2v) is 24.4. The third-order valence-electron chi connectivity index (χ3n) is 16.2. The fraction of sp³-hybridized carbons (Fsp3) is 0.780. The maximum absolute atomic E-state index is 14.2. The molecule has 9 atom stereocenters. The Morgan fingerprint density at radius 2 is 1.39 bits per heavy atom. The van der Waals surface area contributed by atoms with Crippen LogP contribution < -0.4 is 0 Å². The summed E-state index contributed by atoms with van der Waals surface area (Å²) in [5.41, 5.74) is 2.30. The number of amides is 1. The van der Waals surface area contributed by atoms with Crippen molar-refractivity contribution >= 4 is 41.7 Å². The topological polar surface area (TPSA) is 137 Å². The third kappa shape index (κ3) is 15.9. The first kappa shape index (κ1) is 62.9. The summed E-state index contributed by atoms with van der Waals surface area (Å²) in [6, 6.07) is 7.66. The molecule has 0 aromatic heterocycles. The van der Waals surface area contributed by atoms with Gasteiger partial charge in [0.05, 0.1) is 12.0 Å². The van der Waals surface area contributed by atoms with Gasteiger partial charge in [0.25, 0.3) is 0 Å². The van der Waals surface area contributed by atoms with Gasteiger partial charge in [-0.2, -0.15) is 0 Å². The summed E-state index contributed by atoms with van der Waals surface area (Å²) in [7, 11) is 1.71. The standard InChI is InChI=1S/C47H68ClNO6.C5H12O.C3H6O2.2C2H6/c1-29(2)40-36(51)25-47(23-24-49(42(53)55-43(4,5)6)27-31-11-13-32(48)14-12-31)22-18-35-33(41(40)47)15-16-38-45(9)21-19-37(54-39(52)26-44(7,8)28-50)30(3)34(45)17-20-46(35,38)10;1-5(2,3)6-4;1-2-3(4)5;2*1-2/h11-14,28-30,33-35,37-38H,15-27H2,1-10H3;1-4H3;2H2,1H3,(H,4,5);2*1-2H3. The van der Waals surface area contributed by atoms with E-state index >= 15 is 0 Å². The van der Waals surface area contributed by atoms with Crippen LogP contribution in [0.1, 0.15) is 207 Å². The van der Waals surface area contributed by atoms with Gasteiger partial charge in [-0.15, -0.1) is 0 Å². The molecular weight excluding hydrogens is 902 g/mol. The molecule has 0 heterocycles. The number of carbonyl (C=O) groups excluding carboxylic acids is 4. The van der Waals surface area contributed by atoms with Gasteiger partial charge in [0, 0.05) is 48.9 Å². The molecule has 70 heavy (non-hydrogen) atoms. The third-order valence-corrected chi connectivity index (χ3v) is 16.4. The number of aliphatic carboxylic acids is 1. The molecule has 0 aliphatic heterocycles. The number of allylic oxidation sites excluding steroid dienone is 2. The van der Waals surface area contributed by atoms with Gasteiger partial charge >= 0.3 is 18.0 Å². The first-order chi connectivity index (χ1) is 32.5. The Hall–Kier alpha value is -3.24. The Morgan fingerprint density at radius 3 is 1.89 bits per heavy atom. The Kier molecular flexibility index (Phi) is 23.5. The second kappa shape index (κ2) is 26.1. The van der Waals surface area contributed by atoms with Gasteiger partial charge in [0.15, 0.2) is 5.78 Å². The van der Waals surface area contributed by atoms with E-state index < -0.39 is 17.0 Å². The number of ketones is 1. The van der Waals surface area contributed by atoms with E-state index in [1.807, 2.05) is 98.4 Å². The van der Waals surface area contributed by atoms with Crippen molar-refractivity contribution in [1.82, 2.24) is 4.90 Å². The molecule has 6 rings (SSSR count). The minimum absolute atomic E-state index is 0.0417. The summed E-state index contributed by atoms with van der Waals surface area (Å²) in [6.07, 6.45) is 10.6. The highest BCUT2D eigenvalue weighted by molar-refractivity contribution is 6.30. The van der Waals surface area contributed by atoms with E-state index in [4.69, 9.17) is 30.9 Å². The van der Waals surface area contributed by atoms with Crippen LogP contribution in [0.2, 0.25) is 5.02 Å². The Labute approximate surface area is 430 Å². The zero-order valence-corrected chi connectivity index (χ0v) is 48.1. The molecule has 5 aliphatic carbocycles. The number of ether oxygens (including phenoxy) is 3. The van der Waals surface area contributed by atoms with Crippen LogP contribution in [0.4, 0.5) is 4.79 Å². The summed E-state index contributed by atoms with van der Waals surface area (Å²) in [4.78, 5) is 63.5. The number of Topliss-reactive ketones (excluding diaryl/α,β-unsaturated/α-hetero) is 1. The van der Waals surface area contributed by atoms with Crippen LogP contribution in [0.3, 0.4) is 0 Å². The van der Waals surface area contributed by atoms with Crippen molar-refractivity contribution in [3.05, 3.63) is 46.0 Å². The van der Waals surface area contributed by atoms with Gasteiger partial charge in [-0.25, -0.2) is 4.79 Å². The first-order valence-corrected chi connectivity index (χ1v) is 27.3. The van der Waals surface area contributed by atoms with Crippen LogP contribution in [0, 0.1) is 57.2 Å². The smallest absolute Gasteiger partial charge is 0.410 e. The number of halogens is 1. The van der Waals surface area contributed by atoms with E-state index in [1.165, 1.54) is 5.57 Å². The number of methoxy groups -OCH3 is 1. The molecule has 0 bridgehead atoms. The monoisotopic (exact) mass is 1000 g/mol. The Bertz CT molecular complexity index is 1910. The van der Waals surface area contributed by atoms with Crippen molar-refractivity contribution in [1.29, 1.82) is 0 Å². The van der Waals surface area contributed by atoms with Gasteiger partial charge < -0.3 is 29.0 Å². The zero-order chi connectivity index (χ0) is 53.8. The molecule has 1 aromatic carbocycles. The normalized spacial score (nSPS) is 29.0. The molecule has 9 unspecified atom stereocenters. The van der Waals surface area contributed by atoms with Crippen LogP contribution in [0.15, 0.2) is 35.4 Å². The Balaban J connectivity index is 0.000000987. The van der Waals surface area contributed by atoms with Gasteiger partial charge in [0.2, 0.25) is 0 Å². The molecule has 400 valence electrons. The Morgan fingerprint density at radius 1 is 0.857 bits per heavy atom. The lowest BCUT2D eigenvalue weighted by atomic mass is 9.38. The van der Waals surface area contributed by atoms with E-state index in [9.17, 15) is 24.0 Å². The van der Waals surface area contributed by atoms with E-state index in [1.54, 1.807) is 27.9 Å². The molecule has 11 heteroatoms. The maximum Gasteiger partial charge on any atom is 0.410 e. The molecule has 0 spiro atoms. The van der Waals surface area contributed by atoms with Crippen molar-refractivity contribution in [3.8, 4) is 0 Å². The van der Waals surface area contributed by atoms with E-state index in [2.05, 4.69) is 34.6 Å².